The molecule has 0 aromatic carbocycles. The van der Waals surface area contributed by atoms with Crippen molar-refractivity contribution in [3.8, 4) is 0 Å². The van der Waals surface area contributed by atoms with E-state index in [0.717, 1.165) is 36.0 Å². The van der Waals surface area contributed by atoms with Crippen molar-refractivity contribution < 1.29 is 4.79 Å². The lowest BCUT2D eigenvalue weighted by Crippen LogP contribution is -2.31. The number of hydrogen-bond acceptors (Lipinski definition) is 6. The highest BCUT2D eigenvalue weighted by molar-refractivity contribution is 5.78. The molecule has 2 aromatic heterocycles. The first kappa shape index (κ1) is 19.2. The van der Waals surface area contributed by atoms with Gasteiger partial charge in [0, 0.05) is 39.1 Å². The van der Waals surface area contributed by atoms with Gasteiger partial charge < -0.3 is 15.1 Å². The van der Waals surface area contributed by atoms with E-state index in [9.17, 15) is 4.79 Å². The Hall–Kier alpha value is -2.54. The number of nitrogens with zero attached hydrogens (tertiary/aromatic N) is 5. The second-order valence-corrected chi connectivity index (χ2v) is 7.22. The molecule has 0 unspecified atom stereocenters. The van der Waals surface area contributed by atoms with Gasteiger partial charge in [-0.2, -0.15) is 0 Å². The number of anilines is 1. The van der Waals surface area contributed by atoms with Gasteiger partial charge in [0.25, 0.3) is 0 Å². The molecule has 3 heterocycles. The summed E-state index contributed by atoms with van der Waals surface area (Å²) < 4.78 is 0. The van der Waals surface area contributed by atoms with Crippen molar-refractivity contribution in [1.82, 2.24) is 25.2 Å². The number of nitrogens with one attached hydrogen (secondary N) is 1. The third-order valence-electron chi connectivity index (χ3n) is 4.75. The van der Waals surface area contributed by atoms with Crippen molar-refractivity contribution >= 4 is 11.7 Å². The second kappa shape index (κ2) is 8.90. The number of pyridine rings is 1. The molecule has 1 aliphatic heterocycles. The highest BCUT2D eigenvalue weighted by Gasteiger charge is 2.20. The van der Waals surface area contributed by atoms with Crippen LogP contribution in [0.4, 0.5) is 5.82 Å². The molecular weight excluding hydrogens is 340 g/mol. The molecule has 0 saturated carbocycles. The van der Waals surface area contributed by atoms with Crippen LogP contribution in [0.25, 0.3) is 0 Å². The van der Waals surface area contributed by atoms with Crippen LogP contribution in [0.15, 0.2) is 30.5 Å². The zero-order chi connectivity index (χ0) is 19.2. The number of likely N-dealkylation sites (N-methyl/N-ethyl adjacent to an activating group) is 1. The summed E-state index contributed by atoms with van der Waals surface area (Å²) in [5.41, 5.74) is 1.63. The Bertz CT molecular complexity index is 758. The molecule has 27 heavy (non-hydrogen) atoms. The van der Waals surface area contributed by atoms with Crippen LogP contribution in [0.3, 0.4) is 0 Å². The molecule has 1 saturated heterocycles. The van der Waals surface area contributed by atoms with E-state index in [2.05, 4.69) is 10.3 Å². The topological polar surface area (TPSA) is 74.2 Å². The molecule has 1 aliphatic rings. The van der Waals surface area contributed by atoms with E-state index >= 15 is 0 Å². The molecule has 7 heteroatoms. The summed E-state index contributed by atoms with van der Waals surface area (Å²) in [6.07, 6.45) is 5.43. The Morgan fingerprint density at radius 2 is 2.04 bits per heavy atom. The molecule has 0 radical (unpaired) electrons. The van der Waals surface area contributed by atoms with Crippen LogP contribution in [0.5, 0.6) is 0 Å². The molecule has 0 aliphatic carbocycles. The monoisotopic (exact) mass is 368 g/mol. The number of piperidine rings is 1. The van der Waals surface area contributed by atoms with Crippen LogP contribution in [0.2, 0.25) is 0 Å². The Balaban J connectivity index is 1.74. The minimum Gasteiger partial charge on any atom is -0.363 e. The standard InChI is InChI=1S/C20H28N6O/c1-25(2)18-12-16(23-20(24-18)17-9-5-7-11-22-17)14-26(3)19(27)13-15-8-4-6-10-21-15/h4,6,8,10,12,17,22H,5,7,9,11,13-14H2,1-3H3/t17-/m0/s1. The van der Waals surface area contributed by atoms with Crippen molar-refractivity contribution in [3.63, 3.8) is 0 Å². The highest BCUT2D eigenvalue weighted by atomic mass is 16.2. The predicted octanol–water partition coefficient (Wildman–Crippen LogP) is 1.95. The molecule has 1 amide bonds. The van der Waals surface area contributed by atoms with Gasteiger partial charge in [0.05, 0.1) is 24.7 Å². The lowest BCUT2D eigenvalue weighted by molar-refractivity contribution is -0.129. The molecule has 1 N–H and O–H groups in total. The maximum Gasteiger partial charge on any atom is 0.228 e. The molecule has 7 nitrogen and oxygen atoms in total. The number of hydrogen-bond donors (Lipinski definition) is 1. The van der Waals surface area contributed by atoms with Crippen molar-refractivity contribution in [1.29, 1.82) is 0 Å². The fourth-order valence-electron chi connectivity index (χ4n) is 3.16. The highest BCUT2D eigenvalue weighted by Crippen LogP contribution is 2.22. The number of aromatic nitrogens is 3. The van der Waals surface area contributed by atoms with Crippen LogP contribution < -0.4 is 10.2 Å². The first-order valence-corrected chi connectivity index (χ1v) is 9.45. The van der Waals surface area contributed by atoms with Gasteiger partial charge in [-0.05, 0) is 31.5 Å². The molecule has 2 aromatic rings. The number of carbonyl (C=O) groups is 1. The Kier molecular flexibility index (Phi) is 6.34. The van der Waals surface area contributed by atoms with Crippen LogP contribution in [0, 0.1) is 0 Å². The van der Waals surface area contributed by atoms with Gasteiger partial charge in [0.15, 0.2) is 0 Å². The van der Waals surface area contributed by atoms with Crippen LogP contribution in [-0.2, 0) is 17.8 Å². The maximum absolute atomic E-state index is 12.5. The van der Waals surface area contributed by atoms with Gasteiger partial charge >= 0.3 is 0 Å². The summed E-state index contributed by atoms with van der Waals surface area (Å²) in [7, 11) is 5.75. The van der Waals surface area contributed by atoms with Gasteiger partial charge in [-0.15, -0.1) is 0 Å². The fraction of sp³-hybridized carbons (Fsp3) is 0.500. The SMILES string of the molecule is CN(Cc1cc(N(C)C)nc([C@@H]2CCCCN2)n1)C(=O)Cc1ccccn1. The van der Waals surface area contributed by atoms with Crippen LogP contribution >= 0.6 is 0 Å². The van der Waals surface area contributed by atoms with E-state index in [4.69, 9.17) is 9.97 Å². The number of carbonyl (C=O) groups excluding carboxylic acids is 1. The van der Waals surface area contributed by atoms with Crippen LogP contribution in [-0.4, -0.2) is 53.4 Å². The first-order chi connectivity index (χ1) is 13.0. The van der Waals surface area contributed by atoms with Gasteiger partial charge in [-0.1, -0.05) is 12.5 Å². The summed E-state index contributed by atoms with van der Waals surface area (Å²) in [4.78, 5) is 29.9. The van der Waals surface area contributed by atoms with E-state index in [0.29, 0.717) is 13.0 Å². The second-order valence-electron chi connectivity index (χ2n) is 7.22. The molecule has 144 valence electrons. The Labute approximate surface area is 160 Å². The zero-order valence-corrected chi connectivity index (χ0v) is 16.4. The lowest BCUT2D eigenvalue weighted by Gasteiger charge is -2.25. The van der Waals surface area contributed by atoms with Crippen molar-refractivity contribution in [3.05, 3.63) is 47.7 Å². The van der Waals surface area contributed by atoms with Gasteiger partial charge in [-0.3, -0.25) is 9.78 Å². The van der Waals surface area contributed by atoms with Gasteiger partial charge in [-0.25, -0.2) is 9.97 Å². The quantitative estimate of drug-likeness (QED) is 0.840. The Morgan fingerprint density at radius 3 is 2.70 bits per heavy atom. The van der Waals surface area contributed by atoms with E-state index in [1.165, 1.54) is 12.8 Å². The van der Waals surface area contributed by atoms with Crippen LogP contribution in [0.1, 0.15) is 42.5 Å². The van der Waals surface area contributed by atoms with E-state index in [1.54, 1.807) is 18.1 Å². The molecule has 1 fully saturated rings. The largest absolute Gasteiger partial charge is 0.363 e. The number of amides is 1. The fourth-order valence-corrected chi connectivity index (χ4v) is 3.16. The van der Waals surface area contributed by atoms with Gasteiger partial charge in [0.1, 0.15) is 11.6 Å². The molecule has 0 spiro atoms. The minimum absolute atomic E-state index is 0.0241. The van der Waals surface area contributed by atoms with Crippen molar-refractivity contribution in [2.45, 2.75) is 38.3 Å². The summed E-state index contributed by atoms with van der Waals surface area (Å²) >= 11 is 0. The summed E-state index contributed by atoms with van der Waals surface area (Å²) in [6, 6.07) is 7.76. The summed E-state index contributed by atoms with van der Waals surface area (Å²) in [5, 5.41) is 3.51. The zero-order valence-electron chi connectivity index (χ0n) is 16.4. The summed E-state index contributed by atoms with van der Waals surface area (Å²) in [5.74, 6) is 1.71. The molecule has 3 rings (SSSR count). The van der Waals surface area contributed by atoms with E-state index in [-0.39, 0.29) is 11.9 Å². The lowest BCUT2D eigenvalue weighted by atomic mass is 10.0. The smallest absolute Gasteiger partial charge is 0.228 e. The Morgan fingerprint density at radius 1 is 1.19 bits per heavy atom. The van der Waals surface area contributed by atoms with Crippen molar-refractivity contribution in [2.24, 2.45) is 0 Å². The molecule has 0 bridgehead atoms. The first-order valence-electron chi connectivity index (χ1n) is 9.45. The van der Waals surface area contributed by atoms with E-state index in [1.807, 2.05) is 43.3 Å². The summed E-state index contributed by atoms with van der Waals surface area (Å²) in [6.45, 7) is 1.45. The normalized spacial score (nSPS) is 16.8. The molecule has 1 atom stereocenters. The average molecular weight is 368 g/mol. The third-order valence-corrected chi connectivity index (χ3v) is 4.75. The van der Waals surface area contributed by atoms with E-state index < -0.39 is 0 Å². The van der Waals surface area contributed by atoms with Gasteiger partial charge in [0.2, 0.25) is 5.91 Å². The average Bonchev–Trinajstić information content (AvgIpc) is 2.69. The minimum atomic E-state index is 0.0241. The number of rotatable bonds is 6. The third kappa shape index (κ3) is 5.23. The predicted molar refractivity (Wildman–Crippen MR) is 105 cm³/mol. The molecular formula is C20H28N6O. The maximum atomic E-state index is 12.5. The van der Waals surface area contributed by atoms with Crippen molar-refractivity contribution in [2.75, 3.05) is 32.6 Å².